The fourth-order valence-corrected chi connectivity index (χ4v) is 2.61. The highest BCUT2D eigenvalue weighted by Gasteiger charge is 2.08. The summed E-state index contributed by atoms with van der Waals surface area (Å²) in [5.74, 6) is 0.520. The number of allylic oxidation sites excluding steroid dienone is 3. The summed E-state index contributed by atoms with van der Waals surface area (Å²) in [6, 6.07) is 4.91. The summed E-state index contributed by atoms with van der Waals surface area (Å²) < 4.78 is 11.0. The van der Waals surface area contributed by atoms with Gasteiger partial charge in [0, 0.05) is 17.5 Å². The van der Waals surface area contributed by atoms with Gasteiger partial charge in [0.1, 0.15) is 17.9 Å². The van der Waals surface area contributed by atoms with Gasteiger partial charge in [-0.25, -0.2) is 4.79 Å². The van der Waals surface area contributed by atoms with E-state index in [1.54, 1.807) is 12.1 Å². The molecule has 128 valence electrons. The van der Waals surface area contributed by atoms with Crippen LogP contribution in [0.5, 0.6) is 5.75 Å². The minimum absolute atomic E-state index is 0.372. The monoisotopic (exact) mass is 346 g/mol. The second-order valence-corrected chi connectivity index (χ2v) is 6.62. The molecule has 0 radical (unpaired) electrons. The fraction of sp³-hybridized carbons (Fsp3) is 0.350. The molecule has 1 aromatic carbocycles. The van der Waals surface area contributed by atoms with E-state index >= 15 is 0 Å². The summed E-state index contributed by atoms with van der Waals surface area (Å²) in [6.07, 6.45) is 6.31. The Balaban J connectivity index is 2.09. The first kappa shape index (κ1) is 18.3. The summed E-state index contributed by atoms with van der Waals surface area (Å²) in [5.41, 5.74) is 3.56. The highest BCUT2D eigenvalue weighted by Crippen LogP contribution is 2.31. The number of rotatable bonds is 6. The molecular weight excluding hydrogens is 324 g/mol. The first-order chi connectivity index (χ1) is 11.4. The van der Waals surface area contributed by atoms with Gasteiger partial charge >= 0.3 is 5.63 Å². The smallest absolute Gasteiger partial charge is 0.336 e. The molecule has 1 aromatic heterocycles. The molecule has 0 saturated heterocycles. The van der Waals surface area contributed by atoms with E-state index in [4.69, 9.17) is 20.8 Å². The number of ether oxygens (including phenoxy) is 1. The Morgan fingerprint density at radius 2 is 1.96 bits per heavy atom. The highest BCUT2D eigenvalue weighted by atomic mass is 35.5. The highest BCUT2D eigenvalue weighted by molar-refractivity contribution is 6.32. The third kappa shape index (κ3) is 5.00. The van der Waals surface area contributed by atoms with Gasteiger partial charge in [0.25, 0.3) is 0 Å². The van der Waals surface area contributed by atoms with Gasteiger partial charge in [0.15, 0.2) is 0 Å². The van der Waals surface area contributed by atoms with Crippen LogP contribution < -0.4 is 10.4 Å². The molecule has 0 spiro atoms. The molecule has 1 heterocycles. The third-order valence-corrected chi connectivity index (χ3v) is 4.06. The number of fused-ring (bicyclic) bond motifs is 1. The Bertz CT molecular complexity index is 840. The number of hydrogen-bond acceptors (Lipinski definition) is 3. The van der Waals surface area contributed by atoms with E-state index in [0.717, 1.165) is 23.8 Å². The van der Waals surface area contributed by atoms with Crippen LogP contribution in [0.25, 0.3) is 11.0 Å². The van der Waals surface area contributed by atoms with Gasteiger partial charge in [-0.3, -0.25) is 0 Å². The first-order valence-electron chi connectivity index (χ1n) is 8.02. The van der Waals surface area contributed by atoms with Gasteiger partial charge < -0.3 is 9.15 Å². The summed E-state index contributed by atoms with van der Waals surface area (Å²) in [7, 11) is 0. The molecule has 0 amide bonds. The molecule has 0 aliphatic heterocycles. The lowest BCUT2D eigenvalue weighted by atomic mass is 10.1. The largest absolute Gasteiger partial charge is 0.488 e. The Morgan fingerprint density at radius 1 is 1.21 bits per heavy atom. The van der Waals surface area contributed by atoms with Crippen LogP contribution in [0.2, 0.25) is 5.02 Å². The van der Waals surface area contributed by atoms with Crippen molar-refractivity contribution in [2.45, 2.75) is 40.5 Å². The van der Waals surface area contributed by atoms with Crippen molar-refractivity contribution >= 4 is 22.6 Å². The minimum Gasteiger partial charge on any atom is -0.488 e. The van der Waals surface area contributed by atoms with E-state index in [1.165, 1.54) is 17.2 Å². The maximum atomic E-state index is 11.5. The third-order valence-electron chi connectivity index (χ3n) is 3.77. The Hall–Kier alpha value is -2.00. The number of halogens is 1. The summed E-state index contributed by atoms with van der Waals surface area (Å²) >= 11 is 6.28. The topological polar surface area (TPSA) is 39.4 Å². The minimum atomic E-state index is -0.372. The Kier molecular flexibility index (Phi) is 6.27. The van der Waals surface area contributed by atoms with Crippen LogP contribution in [-0.4, -0.2) is 6.61 Å². The van der Waals surface area contributed by atoms with Crippen molar-refractivity contribution in [3.63, 3.8) is 0 Å². The quantitative estimate of drug-likeness (QED) is 0.488. The lowest BCUT2D eigenvalue weighted by molar-refractivity contribution is 0.361. The second-order valence-electron chi connectivity index (χ2n) is 6.21. The van der Waals surface area contributed by atoms with Crippen LogP contribution in [0.3, 0.4) is 0 Å². The van der Waals surface area contributed by atoms with Crippen molar-refractivity contribution in [1.29, 1.82) is 0 Å². The molecule has 0 atom stereocenters. The molecule has 0 aliphatic rings. The second kappa shape index (κ2) is 8.20. The average Bonchev–Trinajstić information content (AvgIpc) is 2.48. The van der Waals surface area contributed by atoms with Crippen molar-refractivity contribution in [3.05, 3.63) is 62.5 Å². The molecule has 4 heteroatoms. The lowest BCUT2D eigenvalue weighted by Gasteiger charge is -2.09. The van der Waals surface area contributed by atoms with E-state index in [0.29, 0.717) is 23.0 Å². The van der Waals surface area contributed by atoms with Gasteiger partial charge in [0.05, 0.1) is 5.02 Å². The molecular formula is C20H23ClO3. The summed E-state index contributed by atoms with van der Waals surface area (Å²) in [6.45, 7) is 8.58. The predicted molar refractivity (Wildman–Crippen MR) is 100 cm³/mol. The molecule has 0 aliphatic carbocycles. The standard InChI is InChI=1S/C20H23ClO3/c1-13(2)6-5-7-14(3)8-9-23-19-12-18-16(11-17(19)21)15(4)10-20(22)24-18/h6,8,10-12H,5,7,9H2,1-4H3. The number of hydrogen-bond donors (Lipinski definition) is 0. The zero-order chi connectivity index (χ0) is 17.7. The van der Waals surface area contributed by atoms with Gasteiger partial charge in [0.2, 0.25) is 0 Å². The van der Waals surface area contributed by atoms with Crippen molar-refractivity contribution in [1.82, 2.24) is 0 Å². The zero-order valence-corrected chi connectivity index (χ0v) is 15.4. The van der Waals surface area contributed by atoms with E-state index in [-0.39, 0.29) is 5.63 Å². The molecule has 2 rings (SSSR count). The maximum absolute atomic E-state index is 11.5. The van der Waals surface area contributed by atoms with E-state index in [9.17, 15) is 4.79 Å². The van der Waals surface area contributed by atoms with Gasteiger partial charge in [-0.15, -0.1) is 0 Å². The summed E-state index contributed by atoms with van der Waals surface area (Å²) in [4.78, 5) is 11.5. The summed E-state index contributed by atoms with van der Waals surface area (Å²) in [5, 5.41) is 1.33. The van der Waals surface area contributed by atoms with Crippen molar-refractivity contribution in [2.24, 2.45) is 0 Å². The van der Waals surface area contributed by atoms with Gasteiger partial charge in [-0.1, -0.05) is 28.8 Å². The average molecular weight is 347 g/mol. The lowest BCUT2D eigenvalue weighted by Crippen LogP contribution is -2.00. The van der Waals surface area contributed by atoms with Crippen LogP contribution in [0.15, 0.2) is 50.7 Å². The molecule has 0 saturated carbocycles. The molecule has 3 nitrogen and oxygen atoms in total. The fourth-order valence-electron chi connectivity index (χ4n) is 2.39. The SMILES string of the molecule is CC(C)=CCCC(C)=CCOc1cc2oc(=O)cc(C)c2cc1Cl. The van der Waals surface area contributed by atoms with Crippen molar-refractivity contribution < 1.29 is 9.15 Å². The first-order valence-corrected chi connectivity index (χ1v) is 8.40. The molecule has 0 fully saturated rings. The maximum Gasteiger partial charge on any atom is 0.336 e. The van der Waals surface area contributed by atoms with Crippen molar-refractivity contribution in [3.8, 4) is 5.75 Å². The van der Waals surface area contributed by atoms with Crippen LogP contribution >= 0.6 is 11.6 Å². The Morgan fingerprint density at radius 3 is 2.67 bits per heavy atom. The van der Waals surface area contributed by atoms with Gasteiger partial charge in [-0.05, 0) is 58.2 Å². The number of aryl methyl sites for hydroxylation is 1. The molecule has 0 N–H and O–H groups in total. The predicted octanol–water partition coefficient (Wildman–Crippen LogP) is 5.83. The normalized spacial score (nSPS) is 11.6. The van der Waals surface area contributed by atoms with Gasteiger partial charge in [-0.2, -0.15) is 0 Å². The van der Waals surface area contributed by atoms with Crippen LogP contribution in [0, 0.1) is 6.92 Å². The molecule has 0 unspecified atom stereocenters. The molecule has 0 bridgehead atoms. The van der Waals surface area contributed by atoms with Crippen LogP contribution in [-0.2, 0) is 0 Å². The molecule has 24 heavy (non-hydrogen) atoms. The zero-order valence-electron chi connectivity index (χ0n) is 14.6. The van der Waals surface area contributed by atoms with Crippen molar-refractivity contribution in [2.75, 3.05) is 6.61 Å². The number of benzene rings is 1. The molecule has 2 aromatic rings. The van der Waals surface area contributed by atoms with Crippen LogP contribution in [0.4, 0.5) is 0 Å². The Labute approximate surface area is 147 Å². The van der Waals surface area contributed by atoms with E-state index in [2.05, 4.69) is 26.8 Å². The van der Waals surface area contributed by atoms with E-state index in [1.807, 2.05) is 13.0 Å². The van der Waals surface area contributed by atoms with E-state index < -0.39 is 0 Å². The van der Waals surface area contributed by atoms with Crippen LogP contribution in [0.1, 0.15) is 39.2 Å².